The molecule has 0 saturated heterocycles. The minimum absolute atomic E-state index is 0.0585. The molecule has 4 rings (SSSR count). The van der Waals surface area contributed by atoms with Gasteiger partial charge in [0.2, 0.25) is 0 Å². The van der Waals surface area contributed by atoms with Crippen LogP contribution in [0.2, 0.25) is 10.0 Å². The molecule has 0 atom stereocenters. The first-order valence-electron chi connectivity index (χ1n) is 9.72. The zero-order chi connectivity index (χ0) is 23.7. The number of halogens is 3. The maximum absolute atomic E-state index is 13.0. The molecular weight excluding hydrogens is 485 g/mol. The van der Waals surface area contributed by atoms with Crippen molar-refractivity contribution in [2.45, 2.75) is 0 Å². The second-order valence-electron chi connectivity index (χ2n) is 7.11. The summed E-state index contributed by atoms with van der Waals surface area (Å²) in [6, 6.07) is 20.3. The van der Waals surface area contributed by atoms with Crippen LogP contribution in [0.4, 0.5) is 17.1 Å². The lowest BCUT2D eigenvalue weighted by Crippen LogP contribution is -2.32. The van der Waals surface area contributed by atoms with Crippen LogP contribution in [-0.2, 0) is 9.59 Å². The Kier molecular flexibility index (Phi) is 6.42. The smallest absolute Gasteiger partial charge is 0.283 e. The molecule has 0 radical (unpaired) electrons. The number of hydrogen-bond acceptors (Lipinski definition) is 4. The maximum Gasteiger partial charge on any atom is 0.283 e. The fourth-order valence-electron chi connectivity index (χ4n) is 3.33. The molecule has 0 fully saturated rings. The summed E-state index contributed by atoms with van der Waals surface area (Å²) >= 11 is 18.4. The van der Waals surface area contributed by atoms with E-state index in [0.717, 1.165) is 10.6 Å². The summed E-state index contributed by atoms with van der Waals surface area (Å²) in [5.74, 6) is -1.66. The molecule has 0 bridgehead atoms. The molecule has 3 amide bonds. The monoisotopic (exact) mass is 499 g/mol. The third kappa shape index (κ3) is 4.33. The van der Waals surface area contributed by atoms with Crippen LogP contribution in [0.5, 0.6) is 0 Å². The minimum Gasteiger partial charge on any atom is -0.350 e. The summed E-state index contributed by atoms with van der Waals surface area (Å²) < 4.78 is 0. The Hall–Kier alpha value is -3.32. The number of hydrogen-bond donors (Lipinski definition) is 1. The number of amides is 3. The van der Waals surface area contributed by atoms with Crippen molar-refractivity contribution in [3.05, 3.63) is 99.1 Å². The van der Waals surface area contributed by atoms with E-state index in [0.29, 0.717) is 11.3 Å². The number of nitrogens with one attached hydrogen (secondary N) is 1. The largest absolute Gasteiger partial charge is 0.350 e. The second kappa shape index (κ2) is 9.27. The van der Waals surface area contributed by atoms with Crippen molar-refractivity contribution in [2.24, 2.45) is 0 Å². The Morgan fingerprint density at radius 1 is 0.879 bits per heavy atom. The molecule has 3 aromatic carbocycles. The van der Waals surface area contributed by atoms with Gasteiger partial charge >= 0.3 is 0 Å². The molecule has 1 aliphatic rings. The molecule has 0 saturated carbocycles. The Balaban J connectivity index is 1.59. The Labute approximate surface area is 205 Å². The molecule has 0 aliphatic carbocycles. The third-order valence-corrected chi connectivity index (χ3v) is 6.19. The van der Waals surface area contributed by atoms with E-state index in [1.54, 1.807) is 43.4 Å². The second-order valence-corrected chi connectivity index (χ2v) is 8.28. The predicted molar refractivity (Wildman–Crippen MR) is 131 cm³/mol. The van der Waals surface area contributed by atoms with Crippen LogP contribution in [0.3, 0.4) is 0 Å². The number of carbonyl (C=O) groups is 3. The van der Waals surface area contributed by atoms with Gasteiger partial charge in [-0.1, -0.05) is 65.1 Å². The van der Waals surface area contributed by atoms with E-state index in [9.17, 15) is 14.4 Å². The molecule has 3 aromatic rings. The minimum atomic E-state index is -0.732. The van der Waals surface area contributed by atoms with Crippen LogP contribution >= 0.6 is 34.8 Å². The van der Waals surface area contributed by atoms with E-state index in [1.807, 2.05) is 30.3 Å². The zero-order valence-corrected chi connectivity index (χ0v) is 19.4. The van der Waals surface area contributed by atoms with E-state index in [-0.39, 0.29) is 32.4 Å². The number of nitrogens with zero attached hydrogens (tertiary/aromatic N) is 2. The fraction of sp³-hybridized carbons (Fsp3) is 0.0417. The summed E-state index contributed by atoms with van der Waals surface area (Å²) in [7, 11) is 1.67. The van der Waals surface area contributed by atoms with Gasteiger partial charge < -0.3 is 10.2 Å². The zero-order valence-electron chi connectivity index (χ0n) is 17.2. The molecule has 0 aromatic heterocycles. The van der Waals surface area contributed by atoms with Crippen LogP contribution in [0.15, 0.2) is 83.5 Å². The third-order valence-electron chi connectivity index (χ3n) is 5.03. The summed E-state index contributed by atoms with van der Waals surface area (Å²) in [6.45, 7) is 0. The number of benzene rings is 3. The SMILES string of the molecule is CN(C(=O)c1cccc(NC2=C(Cl)C(=O)N(c3cccc(Cl)c3Cl)C2=O)c1)c1ccccc1. The van der Waals surface area contributed by atoms with Crippen molar-refractivity contribution in [2.75, 3.05) is 22.2 Å². The number of rotatable bonds is 5. The highest BCUT2D eigenvalue weighted by molar-refractivity contribution is 6.54. The van der Waals surface area contributed by atoms with Crippen molar-refractivity contribution in [3.63, 3.8) is 0 Å². The molecule has 33 heavy (non-hydrogen) atoms. The first-order chi connectivity index (χ1) is 15.8. The number of imide groups is 1. The molecule has 1 heterocycles. The predicted octanol–water partition coefficient (Wildman–Crippen LogP) is 5.71. The highest BCUT2D eigenvalue weighted by atomic mass is 35.5. The lowest BCUT2D eigenvalue weighted by atomic mass is 10.1. The van der Waals surface area contributed by atoms with Gasteiger partial charge in [0, 0.05) is 24.0 Å². The average molecular weight is 501 g/mol. The standard InChI is InChI=1S/C24H16Cl3N3O3/c1-29(16-9-3-2-4-10-16)22(31)14-7-5-8-15(13-14)28-21-20(27)23(32)30(24(21)33)18-12-6-11-17(25)19(18)26/h2-13,28H,1H3. The van der Waals surface area contributed by atoms with Crippen molar-refractivity contribution < 1.29 is 14.4 Å². The fourth-order valence-corrected chi connectivity index (χ4v) is 3.92. The lowest BCUT2D eigenvalue weighted by molar-refractivity contribution is -0.120. The topological polar surface area (TPSA) is 69.7 Å². The van der Waals surface area contributed by atoms with Crippen LogP contribution in [0.1, 0.15) is 10.4 Å². The van der Waals surface area contributed by atoms with Gasteiger partial charge in [-0.15, -0.1) is 0 Å². The maximum atomic E-state index is 13.0. The summed E-state index contributed by atoms with van der Waals surface area (Å²) in [5.41, 5.74) is 1.53. The van der Waals surface area contributed by atoms with Crippen molar-refractivity contribution >= 4 is 69.6 Å². The molecule has 0 unspecified atom stereocenters. The van der Waals surface area contributed by atoms with Gasteiger partial charge in [-0.3, -0.25) is 14.4 Å². The molecule has 0 spiro atoms. The van der Waals surface area contributed by atoms with Crippen LogP contribution in [0.25, 0.3) is 0 Å². The molecule has 6 nitrogen and oxygen atoms in total. The first-order valence-corrected chi connectivity index (χ1v) is 10.9. The first kappa shape index (κ1) is 22.9. The molecule has 1 aliphatic heterocycles. The molecule has 9 heteroatoms. The van der Waals surface area contributed by atoms with Gasteiger partial charge in [0.15, 0.2) is 0 Å². The van der Waals surface area contributed by atoms with Gasteiger partial charge in [0.05, 0.1) is 15.7 Å². The number of anilines is 3. The Bertz CT molecular complexity index is 1310. The molecule has 166 valence electrons. The van der Waals surface area contributed by atoms with Crippen LogP contribution < -0.4 is 15.1 Å². The Morgan fingerprint density at radius 2 is 1.58 bits per heavy atom. The van der Waals surface area contributed by atoms with Gasteiger partial charge in [-0.05, 0) is 42.5 Å². The molecule has 1 N–H and O–H groups in total. The quantitative estimate of drug-likeness (QED) is 0.456. The average Bonchev–Trinajstić information content (AvgIpc) is 3.04. The highest BCUT2D eigenvalue weighted by Crippen LogP contribution is 2.37. The Morgan fingerprint density at radius 3 is 2.30 bits per heavy atom. The number of carbonyl (C=O) groups excluding carboxylic acids is 3. The highest BCUT2D eigenvalue weighted by Gasteiger charge is 2.40. The van der Waals surface area contributed by atoms with E-state index < -0.39 is 11.8 Å². The van der Waals surface area contributed by atoms with E-state index in [2.05, 4.69) is 5.32 Å². The van der Waals surface area contributed by atoms with Crippen LogP contribution in [0, 0.1) is 0 Å². The van der Waals surface area contributed by atoms with E-state index in [1.165, 1.54) is 11.0 Å². The van der Waals surface area contributed by atoms with Gasteiger partial charge in [0.1, 0.15) is 10.7 Å². The van der Waals surface area contributed by atoms with Gasteiger partial charge in [0.25, 0.3) is 17.7 Å². The van der Waals surface area contributed by atoms with E-state index >= 15 is 0 Å². The summed E-state index contributed by atoms with van der Waals surface area (Å²) in [6.07, 6.45) is 0. The summed E-state index contributed by atoms with van der Waals surface area (Å²) in [5, 5.41) is 2.82. The summed E-state index contributed by atoms with van der Waals surface area (Å²) in [4.78, 5) is 41.0. The van der Waals surface area contributed by atoms with Gasteiger partial charge in [-0.25, -0.2) is 4.90 Å². The number of para-hydroxylation sites is 1. The van der Waals surface area contributed by atoms with Gasteiger partial charge in [-0.2, -0.15) is 0 Å². The molecular formula is C24H16Cl3N3O3. The van der Waals surface area contributed by atoms with Crippen molar-refractivity contribution in [1.82, 2.24) is 0 Å². The normalized spacial score (nSPS) is 13.5. The van der Waals surface area contributed by atoms with Crippen molar-refractivity contribution in [1.29, 1.82) is 0 Å². The van der Waals surface area contributed by atoms with Crippen LogP contribution in [-0.4, -0.2) is 24.8 Å². The van der Waals surface area contributed by atoms with Crippen molar-refractivity contribution in [3.8, 4) is 0 Å². The lowest BCUT2D eigenvalue weighted by Gasteiger charge is -2.18. The van der Waals surface area contributed by atoms with E-state index in [4.69, 9.17) is 34.8 Å².